The van der Waals surface area contributed by atoms with Gasteiger partial charge in [-0.25, -0.2) is 9.97 Å². The SMILES string of the molecule is O=C(c1cncc(Nc2ccc(Oc3ccccc3)nc2)n1)N1CCCC1. The van der Waals surface area contributed by atoms with Crippen LogP contribution in [0.5, 0.6) is 11.6 Å². The topological polar surface area (TPSA) is 80.2 Å². The van der Waals surface area contributed by atoms with Gasteiger partial charge in [0.05, 0.1) is 24.3 Å². The standard InChI is InChI=1S/C20H19N5O2/c26-20(25-10-4-5-11-25)17-13-21-14-18(24-17)23-15-8-9-19(22-12-15)27-16-6-2-1-3-7-16/h1-3,6-9,12-14H,4-5,10-11H2,(H,23,24). The minimum atomic E-state index is -0.0756. The molecular weight excluding hydrogens is 342 g/mol. The number of carbonyl (C=O) groups excluding carboxylic acids is 1. The van der Waals surface area contributed by atoms with E-state index < -0.39 is 0 Å². The summed E-state index contributed by atoms with van der Waals surface area (Å²) >= 11 is 0. The van der Waals surface area contributed by atoms with E-state index in [1.165, 1.54) is 6.20 Å². The minimum Gasteiger partial charge on any atom is -0.439 e. The van der Waals surface area contributed by atoms with Crippen molar-refractivity contribution in [3.63, 3.8) is 0 Å². The lowest BCUT2D eigenvalue weighted by atomic mass is 10.3. The number of para-hydroxylation sites is 1. The van der Waals surface area contributed by atoms with Crippen LogP contribution >= 0.6 is 0 Å². The number of ether oxygens (including phenoxy) is 1. The highest BCUT2D eigenvalue weighted by atomic mass is 16.5. The molecular formula is C20H19N5O2. The van der Waals surface area contributed by atoms with E-state index in [2.05, 4.69) is 20.3 Å². The third-order valence-corrected chi connectivity index (χ3v) is 4.22. The van der Waals surface area contributed by atoms with Crippen molar-refractivity contribution in [3.05, 3.63) is 66.7 Å². The molecule has 1 amide bonds. The maximum atomic E-state index is 12.4. The van der Waals surface area contributed by atoms with Crippen LogP contribution in [0.15, 0.2) is 61.1 Å². The van der Waals surface area contributed by atoms with Crippen molar-refractivity contribution >= 4 is 17.4 Å². The van der Waals surface area contributed by atoms with E-state index in [9.17, 15) is 4.79 Å². The van der Waals surface area contributed by atoms with Gasteiger partial charge >= 0.3 is 0 Å². The number of nitrogens with zero attached hydrogens (tertiary/aromatic N) is 4. The summed E-state index contributed by atoms with van der Waals surface area (Å²) in [5, 5.41) is 3.12. The third kappa shape index (κ3) is 4.20. The molecule has 0 bridgehead atoms. The monoisotopic (exact) mass is 361 g/mol. The molecule has 0 unspecified atom stereocenters. The van der Waals surface area contributed by atoms with E-state index in [0.717, 1.165) is 37.4 Å². The van der Waals surface area contributed by atoms with Crippen molar-refractivity contribution in [2.75, 3.05) is 18.4 Å². The first-order valence-electron chi connectivity index (χ1n) is 8.85. The van der Waals surface area contributed by atoms with Crippen LogP contribution < -0.4 is 10.1 Å². The highest BCUT2D eigenvalue weighted by Gasteiger charge is 2.21. The second kappa shape index (κ2) is 7.82. The minimum absolute atomic E-state index is 0.0756. The Balaban J connectivity index is 1.43. The number of hydrogen-bond donors (Lipinski definition) is 1. The molecule has 3 heterocycles. The van der Waals surface area contributed by atoms with E-state index in [1.807, 2.05) is 41.3 Å². The van der Waals surface area contributed by atoms with Crippen LogP contribution in [0.25, 0.3) is 0 Å². The molecule has 0 atom stereocenters. The summed E-state index contributed by atoms with van der Waals surface area (Å²) in [4.78, 5) is 27.0. The molecule has 3 aromatic rings. The number of amides is 1. The van der Waals surface area contributed by atoms with Crippen molar-refractivity contribution in [1.82, 2.24) is 19.9 Å². The quantitative estimate of drug-likeness (QED) is 0.747. The first-order chi connectivity index (χ1) is 13.3. The van der Waals surface area contributed by atoms with E-state index in [4.69, 9.17) is 4.74 Å². The highest BCUT2D eigenvalue weighted by molar-refractivity contribution is 5.92. The number of anilines is 2. The summed E-state index contributed by atoms with van der Waals surface area (Å²) in [6.07, 6.45) is 6.81. The first kappa shape index (κ1) is 17.0. The molecule has 1 aliphatic rings. The second-order valence-corrected chi connectivity index (χ2v) is 6.21. The van der Waals surface area contributed by atoms with Gasteiger partial charge in [0.15, 0.2) is 0 Å². The Morgan fingerprint density at radius 3 is 2.56 bits per heavy atom. The fourth-order valence-corrected chi connectivity index (χ4v) is 2.88. The molecule has 0 radical (unpaired) electrons. The Labute approximate surface area is 157 Å². The number of benzene rings is 1. The van der Waals surface area contributed by atoms with Crippen LogP contribution in [-0.4, -0.2) is 38.8 Å². The number of hydrogen-bond acceptors (Lipinski definition) is 6. The summed E-state index contributed by atoms with van der Waals surface area (Å²) in [6, 6.07) is 13.1. The number of pyridine rings is 1. The largest absolute Gasteiger partial charge is 0.439 e. The van der Waals surface area contributed by atoms with Crippen LogP contribution in [0.4, 0.5) is 11.5 Å². The van der Waals surface area contributed by atoms with E-state index in [-0.39, 0.29) is 5.91 Å². The zero-order valence-electron chi connectivity index (χ0n) is 14.7. The number of aromatic nitrogens is 3. The molecule has 1 aromatic carbocycles. The summed E-state index contributed by atoms with van der Waals surface area (Å²) < 4.78 is 5.67. The Morgan fingerprint density at radius 1 is 1.00 bits per heavy atom. The Morgan fingerprint density at radius 2 is 1.81 bits per heavy atom. The molecule has 2 aromatic heterocycles. The molecule has 4 rings (SSSR count). The van der Waals surface area contributed by atoms with Crippen molar-refractivity contribution in [3.8, 4) is 11.6 Å². The smallest absolute Gasteiger partial charge is 0.274 e. The van der Waals surface area contributed by atoms with Crippen molar-refractivity contribution < 1.29 is 9.53 Å². The molecule has 136 valence electrons. The molecule has 0 saturated carbocycles. The van der Waals surface area contributed by atoms with Gasteiger partial charge in [-0.1, -0.05) is 18.2 Å². The number of likely N-dealkylation sites (tertiary alicyclic amines) is 1. The van der Waals surface area contributed by atoms with E-state index in [1.54, 1.807) is 18.5 Å². The highest BCUT2D eigenvalue weighted by Crippen LogP contribution is 2.21. The fraction of sp³-hybridized carbons (Fsp3) is 0.200. The number of carbonyl (C=O) groups is 1. The van der Waals surface area contributed by atoms with Crippen molar-refractivity contribution in [1.29, 1.82) is 0 Å². The van der Waals surface area contributed by atoms with Crippen LogP contribution in [0.2, 0.25) is 0 Å². The zero-order valence-corrected chi connectivity index (χ0v) is 14.7. The van der Waals surface area contributed by atoms with E-state index in [0.29, 0.717) is 17.4 Å². The summed E-state index contributed by atoms with van der Waals surface area (Å²) in [5.74, 6) is 1.65. The molecule has 0 aliphatic carbocycles. The lowest BCUT2D eigenvalue weighted by Gasteiger charge is -2.14. The zero-order chi connectivity index (χ0) is 18.5. The van der Waals surface area contributed by atoms with Gasteiger partial charge in [-0.3, -0.25) is 9.78 Å². The average molecular weight is 361 g/mol. The lowest BCUT2D eigenvalue weighted by molar-refractivity contribution is 0.0786. The van der Waals surface area contributed by atoms with Crippen molar-refractivity contribution in [2.45, 2.75) is 12.8 Å². The van der Waals surface area contributed by atoms with Gasteiger partial charge in [0.25, 0.3) is 5.91 Å². The molecule has 1 N–H and O–H groups in total. The first-order valence-corrected chi connectivity index (χ1v) is 8.85. The Kier molecular flexibility index (Phi) is 4.91. The third-order valence-electron chi connectivity index (χ3n) is 4.22. The molecule has 27 heavy (non-hydrogen) atoms. The van der Waals surface area contributed by atoms with Crippen LogP contribution in [0.1, 0.15) is 23.3 Å². The molecule has 7 nitrogen and oxygen atoms in total. The Bertz CT molecular complexity index is 909. The fourth-order valence-electron chi connectivity index (χ4n) is 2.88. The predicted molar refractivity (Wildman–Crippen MR) is 101 cm³/mol. The van der Waals surface area contributed by atoms with Gasteiger partial charge in [-0.05, 0) is 31.0 Å². The molecule has 1 aliphatic heterocycles. The van der Waals surface area contributed by atoms with Gasteiger partial charge in [-0.15, -0.1) is 0 Å². The van der Waals surface area contributed by atoms with Gasteiger partial charge in [0, 0.05) is 19.2 Å². The molecule has 1 saturated heterocycles. The van der Waals surface area contributed by atoms with Crippen LogP contribution in [0, 0.1) is 0 Å². The predicted octanol–water partition coefficient (Wildman–Crippen LogP) is 3.64. The van der Waals surface area contributed by atoms with Crippen LogP contribution in [-0.2, 0) is 0 Å². The van der Waals surface area contributed by atoms with E-state index >= 15 is 0 Å². The van der Waals surface area contributed by atoms with Gasteiger partial charge in [0.2, 0.25) is 5.88 Å². The van der Waals surface area contributed by atoms with Gasteiger partial charge in [-0.2, -0.15) is 0 Å². The number of rotatable bonds is 5. The van der Waals surface area contributed by atoms with Crippen molar-refractivity contribution in [2.24, 2.45) is 0 Å². The summed E-state index contributed by atoms with van der Waals surface area (Å²) in [7, 11) is 0. The summed E-state index contributed by atoms with van der Waals surface area (Å²) in [5.41, 5.74) is 1.08. The van der Waals surface area contributed by atoms with Gasteiger partial charge < -0.3 is 15.0 Å². The summed E-state index contributed by atoms with van der Waals surface area (Å²) in [6.45, 7) is 1.57. The second-order valence-electron chi connectivity index (χ2n) is 6.21. The molecule has 7 heteroatoms. The average Bonchev–Trinajstić information content (AvgIpc) is 3.25. The normalized spacial score (nSPS) is 13.4. The maximum absolute atomic E-state index is 12.4. The molecule has 1 fully saturated rings. The lowest BCUT2D eigenvalue weighted by Crippen LogP contribution is -2.28. The molecule has 0 spiro atoms. The van der Waals surface area contributed by atoms with Crippen LogP contribution in [0.3, 0.4) is 0 Å². The number of nitrogens with one attached hydrogen (secondary N) is 1. The maximum Gasteiger partial charge on any atom is 0.274 e. The van der Waals surface area contributed by atoms with Gasteiger partial charge in [0.1, 0.15) is 17.3 Å². The Hall–Kier alpha value is -3.48.